The number of sulfone groups is 1. The lowest BCUT2D eigenvalue weighted by Gasteiger charge is -2.05. The molecule has 0 amide bonds. The highest BCUT2D eigenvalue weighted by Gasteiger charge is 2.07. The zero-order valence-corrected chi connectivity index (χ0v) is 11.3. The third-order valence-electron chi connectivity index (χ3n) is 2.10. The highest BCUT2D eigenvalue weighted by molar-refractivity contribution is 7.91. The van der Waals surface area contributed by atoms with Gasteiger partial charge in [-0.2, -0.15) is 0 Å². The normalized spacial score (nSPS) is 11.9. The minimum atomic E-state index is -2.83. The molecule has 0 aliphatic carbocycles. The third kappa shape index (κ3) is 10.4. The zero-order chi connectivity index (χ0) is 12.3. The van der Waals surface area contributed by atoms with Gasteiger partial charge in [-0.1, -0.05) is 13.8 Å². The molecule has 0 aliphatic rings. The van der Waals surface area contributed by atoms with Gasteiger partial charge in [0.05, 0.1) is 5.75 Å². The van der Waals surface area contributed by atoms with Gasteiger partial charge >= 0.3 is 0 Å². The van der Waals surface area contributed by atoms with Crippen LogP contribution in [0.25, 0.3) is 0 Å². The molecule has 0 fully saturated rings. The van der Waals surface area contributed by atoms with Gasteiger partial charge in [-0.05, 0) is 25.8 Å². The van der Waals surface area contributed by atoms with Crippen LogP contribution in [0.4, 0.5) is 0 Å². The van der Waals surface area contributed by atoms with Crippen LogP contribution >= 0.6 is 0 Å². The van der Waals surface area contributed by atoms with Crippen molar-refractivity contribution in [1.82, 2.24) is 5.32 Å². The topological polar surface area (TPSA) is 55.4 Å². The monoisotopic (exact) mass is 251 g/mol. The van der Waals surface area contributed by atoms with Crippen molar-refractivity contribution in [3.63, 3.8) is 0 Å². The fourth-order valence-electron chi connectivity index (χ4n) is 1.31. The van der Waals surface area contributed by atoms with Crippen molar-refractivity contribution in [1.29, 1.82) is 0 Å². The zero-order valence-electron chi connectivity index (χ0n) is 10.5. The van der Waals surface area contributed by atoms with E-state index in [1.807, 2.05) is 6.92 Å². The van der Waals surface area contributed by atoms with Crippen molar-refractivity contribution >= 4 is 9.84 Å². The lowest BCUT2D eigenvalue weighted by Crippen LogP contribution is -2.25. The molecule has 0 saturated carbocycles. The second kappa shape index (κ2) is 10.1. The smallest absolute Gasteiger partial charge is 0.151 e. The Morgan fingerprint density at radius 1 is 1.00 bits per heavy atom. The quantitative estimate of drug-likeness (QED) is 0.561. The Balaban J connectivity index is 3.27. The minimum Gasteiger partial charge on any atom is -0.381 e. The van der Waals surface area contributed by atoms with Crippen LogP contribution < -0.4 is 5.32 Å². The van der Waals surface area contributed by atoms with E-state index >= 15 is 0 Å². The second-order valence-electron chi connectivity index (χ2n) is 3.87. The molecular formula is C11H25NO3S. The molecule has 16 heavy (non-hydrogen) atoms. The molecule has 1 N–H and O–H groups in total. The highest BCUT2D eigenvalue weighted by Crippen LogP contribution is 1.92. The molecule has 0 unspecified atom stereocenters. The lowest BCUT2D eigenvalue weighted by molar-refractivity contribution is 0.132. The first-order valence-electron chi connectivity index (χ1n) is 6.11. The number of hydrogen-bond acceptors (Lipinski definition) is 4. The van der Waals surface area contributed by atoms with Gasteiger partial charge < -0.3 is 10.1 Å². The van der Waals surface area contributed by atoms with E-state index in [4.69, 9.17) is 4.74 Å². The van der Waals surface area contributed by atoms with Crippen molar-refractivity contribution < 1.29 is 13.2 Å². The predicted molar refractivity (Wildman–Crippen MR) is 67.5 cm³/mol. The van der Waals surface area contributed by atoms with Crippen LogP contribution in [-0.2, 0) is 14.6 Å². The first-order chi connectivity index (χ1) is 7.62. The van der Waals surface area contributed by atoms with Crippen molar-refractivity contribution in [2.45, 2.75) is 33.1 Å². The summed E-state index contributed by atoms with van der Waals surface area (Å²) in [5.41, 5.74) is 0. The van der Waals surface area contributed by atoms with Crippen LogP contribution in [0.15, 0.2) is 0 Å². The van der Waals surface area contributed by atoms with Crippen LogP contribution in [-0.4, -0.2) is 46.2 Å². The van der Waals surface area contributed by atoms with E-state index in [0.717, 1.165) is 32.6 Å². The summed E-state index contributed by atoms with van der Waals surface area (Å²) in [4.78, 5) is 0. The Morgan fingerprint density at radius 3 is 2.38 bits per heavy atom. The number of hydrogen-bond donors (Lipinski definition) is 1. The van der Waals surface area contributed by atoms with Crippen LogP contribution in [0.3, 0.4) is 0 Å². The molecule has 0 bridgehead atoms. The van der Waals surface area contributed by atoms with Gasteiger partial charge in [-0.15, -0.1) is 0 Å². The van der Waals surface area contributed by atoms with Gasteiger partial charge in [0.25, 0.3) is 0 Å². The molecule has 0 rings (SSSR count). The van der Waals surface area contributed by atoms with Gasteiger partial charge in [0, 0.05) is 25.5 Å². The third-order valence-corrected chi connectivity index (χ3v) is 3.95. The molecular weight excluding hydrogens is 226 g/mol. The van der Waals surface area contributed by atoms with Gasteiger partial charge in [-0.3, -0.25) is 0 Å². The molecule has 0 aromatic rings. The van der Waals surface area contributed by atoms with Crippen molar-refractivity contribution in [3.05, 3.63) is 0 Å². The summed E-state index contributed by atoms with van der Waals surface area (Å²) >= 11 is 0. The number of ether oxygens (including phenoxy) is 1. The Bertz CT molecular complexity index is 240. The fraction of sp³-hybridized carbons (Fsp3) is 1.00. The number of rotatable bonds is 11. The molecule has 0 aliphatic heterocycles. The molecule has 5 heteroatoms. The molecule has 0 radical (unpaired) electrons. The van der Waals surface area contributed by atoms with Crippen LogP contribution in [0.1, 0.15) is 33.1 Å². The van der Waals surface area contributed by atoms with Gasteiger partial charge in [0.1, 0.15) is 0 Å². The van der Waals surface area contributed by atoms with Gasteiger partial charge in [0.15, 0.2) is 9.84 Å². The Morgan fingerprint density at radius 2 is 1.75 bits per heavy atom. The van der Waals surface area contributed by atoms with Crippen molar-refractivity contribution in [2.75, 3.05) is 37.8 Å². The lowest BCUT2D eigenvalue weighted by atomic mass is 10.4. The Hall–Kier alpha value is -0.130. The molecule has 98 valence electrons. The summed E-state index contributed by atoms with van der Waals surface area (Å²) in [6, 6.07) is 0. The summed E-state index contributed by atoms with van der Waals surface area (Å²) in [7, 11) is -2.83. The van der Waals surface area contributed by atoms with E-state index in [2.05, 4.69) is 12.2 Å². The first-order valence-corrected chi connectivity index (χ1v) is 7.93. The predicted octanol–water partition coefficient (Wildman–Crippen LogP) is 1.22. The summed E-state index contributed by atoms with van der Waals surface area (Å²) in [5.74, 6) is 0.547. The van der Waals surface area contributed by atoms with Crippen molar-refractivity contribution in [3.8, 4) is 0 Å². The molecule has 0 atom stereocenters. The van der Waals surface area contributed by atoms with Gasteiger partial charge in [0.2, 0.25) is 0 Å². The fourth-order valence-corrected chi connectivity index (χ4v) is 2.59. The Labute approximate surface area is 99.7 Å². The molecule has 0 aromatic heterocycles. The Kier molecular flexibility index (Phi) is 9.97. The molecule has 4 nitrogen and oxygen atoms in total. The van der Waals surface area contributed by atoms with E-state index in [1.165, 1.54) is 0 Å². The highest BCUT2D eigenvalue weighted by atomic mass is 32.2. The van der Waals surface area contributed by atoms with Crippen LogP contribution in [0, 0.1) is 0 Å². The standard InChI is InChI=1S/C11H25NO3S/c1-3-8-15-9-5-6-12-7-11-16(13,14)10-4-2/h12H,3-11H2,1-2H3. The van der Waals surface area contributed by atoms with E-state index < -0.39 is 9.84 Å². The van der Waals surface area contributed by atoms with Gasteiger partial charge in [-0.25, -0.2) is 8.42 Å². The SMILES string of the molecule is CCCOCCCNCCS(=O)(=O)CCC. The molecule has 0 aromatic carbocycles. The van der Waals surface area contributed by atoms with Crippen LogP contribution in [0.2, 0.25) is 0 Å². The first kappa shape index (κ1) is 15.9. The van der Waals surface area contributed by atoms with E-state index in [-0.39, 0.29) is 5.75 Å². The maximum absolute atomic E-state index is 11.3. The maximum atomic E-state index is 11.3. The number of nitrogens with one attached hydrogen (secondary N) is 1. The molecule has 0 heterocycles. The van der Waals surface area contributed by atoms with E-state index in [0.29, 0.717) is 18.7 Å². The summed E-state index contributed by atoms with van der Waals surface area (Å²) < 4.78 is 28.0. The summed E-state index contributed by atoms with van der Waals surface area (Å²) in [6.07, 6.45) is 2.68. The summed E-state index contributed by atoms with van der Waals surface area (Å²) in [5, 5.41) is 3.12. The largest absolute Gasteiger partial charge is 0.381 e. The maximum Gasteiger partial charge on any atom is 0.151 e. The van der Waals surface area contributed by atoms with Crippen molar-refractivity contribution in [2.24, 2.45) is 0 Å². The molecule has 0 spiro atoms. The summed E-state index contributed by atoms with van der Waals surface area (Å²) in [6.45, 7) is 6.90. The minimum absolute atomic E-state index is 0.247. The van der Waals surface area contributed by atoms with E-state index in [9.17, 15) is 8.42 Å². The average molecular weight is 251 g/mol. The average Bonchev–Trinajstić information content (AvgIpc) is 2.22. The molecule has 0 saturated heterocycles. The van der Waals surface area contributed by atoms with Crippen LogP contribution in [0.5, 0.6) is 0 Å². The second-order valence-corrected chi connectivity index (χ2v) is 6.17. The van der Waals surface area contributed by atoms with E-state index in [1.54, 1.807) is 0 Å².